The Balaban J connectivity index is 2.35. The maximum atomic E-state index is 11.7. The Morgan fingerprint density at radius 3 is 2.72 bits per heavy atom. The van der Waals surface area contributed by atoms with Crippen LogP contribution in [-0.4, -0.2) is 28.4 Å². The van der Waals surface area contributed by atoms with Crippen LogP contribution in [0.2, 0.25) is 0 Å². The number of aldehydes is 1. The summed E-state index contributed by atoms with van der Waals surface area (Å²) in [5.74, 6) is -0.252. The third kappa shape index (κ3) is 2.29. The zero-order valence-electron chi connectivity index (χ0n) is 9.87. The summed E-state index contributed by atoms with van der Waals surface area (Å²) in [7, 11) is 0. The Morgan fingerprint density at radius 1 is 1.39 bits per heavy atom. The minimum atomic E-state index is -0.470. The summed E-state index contributed by atoms with van der Waals surface area (Å²) < 4.78 is 6.53. The van der Waals surface area contributed by atoms with Gasteiger partial charge in [0.2, 0.25) is 5.82 Å². The third-order valence-electron chi connectivity index (χ3n) is 2.41. The standard InChI is InChI=1S/C13H12N2O3/c1-2-18-13(17)12-14-7-8-15(12)11-5-3-10(9-16)4-6-11/h3-9H,2H2,1H3. The molecule has 0 unspecified atom stereocenters. The van der Waals surface area contributed by atoms with Crippen LogP contribution in [0.15, 0.2) is 36.7 Å². The molecule has 0 saturated carbocycles. The van der Waals surface area contributed by atoms with Crippen molar-refractivity contribution in [1.29, 1.82) is 0 Å². The van der Waals surface area contributed by atoms with Crippen molar-refractivity contribution in [1.82, 2.24) is 9.55 Å². The fraction of sp³-hybridized carbons (Fsp3) is 0.154. The van der Waals surface area contributed by atoms with Gasteiger partial charge in [0.25, 0.3) is 0 Å². The van der Waals surface area contributed by atoms with E-state index in [0.717, 1.165) is 12.0 Å². The molecule has 0 atom stereocenters. The summed E-state index contributed by atoms with van der Waals surface area (Å²) >= 11 is 0. The average Bonchev–Trinajstić information content (AvgIpc) is 2.88. The van der Waals surface area contributed by atoms with Gasteiger partial charge in [-0.25, -0.2) is 9.78 Å². The molecule has 0 aliphatic rings. The lowest BCUT2D eigenvalue weighted by Gasteiger charge is -2.07. The molecule has 2 rings (SSSR count). The minimum Gasteiger partial charge on any atom is -0.460 e. The van der Waals surface area contributed by atoms with Gasteiger partial charge >= 0.3 is 5.97 Å². The van der Waals surface area contributed by atoms with Gasteiger partial charge in [0.15, 0.2) is 0 Å². The molecule has 5 nitrogen and oxygen atoms in total. The number of aromatic nitrogens is 2. The van der Waals surface area contributed by atoms with Crippen molar-refractivity contribution in [2.75, 3.05) is 6.61 Å². The topological polar surface area (TPSA) is 61.2 Å². The van der Waals surface area contributed by atoms with Crippen LogP contribution >= 0.6 is 0 Å². The molecule has 0 amide bonds. The number of esters is 1. The van der Waals surface area contributed by atoms with E-state index in [1.807, 2.05) is 0 Å². The molecule has 0 fully saturated rings. The molecular formula is C13H12N2O3. The quantitative estimate of drug-likeness (QED) is 0.608. The van der Waals surface area contributed by atoms with Gasteiger partial charge in [-0.3, -0.25) is 9.36 Å². The van der Waals surface area contributed by atoms with Crippen LogP contribution in [0.3, 0.4) is 0 Å². The molecule has 5 heteroatoms. The van der Waals surface area contributed by atoms with E-state index in [4.69, 9.17) is 4.74 Å². The molecule has 1 heterocycles. The SMILES string of the molecule is CCOC(=O)c1nccn1-c1ccc(C=O)cc1. The number of rotatable bonds is 4. The van der Waals surface area contributed by atoms with E-state index < -0.39 is 5.97 Å². The van der Waals surface area contributed by atoms with Crippen LogP contribution in [0, 0.1) is 0 Å². The van der Waals surface area contributed by atoms with Crippen LogP contribution in [0.5, 0.6) is 0 Å². The average molecular weight is 244 g/mol. The van der Waals surface area contributed by atoms with Gasteiger partial charge in [-0.15, -0.1) is 0 Å². The Morgan fingerprint density at radius 2 is 2.11 bits per heavy atom. The third-order valence-corrected chi connectivity index (χ3v) is 2.41. The Hall–Kier alpha value is -2.43. The summed E-state index contributed by atoms with van der Waals surface area (Å²) in [4.78, 5) is 26.2. The van der Waals surface area contributed by atoms with Crippen molar-refractivity contribution in [3.05, 3.63) is 48.0 Å². The highest BCUT2D eigenvalue weighted by molar-refractivity contribution is 5.86. The number of imidazole rings is 1. The van der Waals surface area contributed by atoms with Crippen molar-refractivity contribution >= 4 is 12.3 Å². The molecule has 0 N–H and O–H groups in total. The highest BCUT2D eigenvalue weighted by Gasteiger charge is 2.14. The summed E-state index contributed by atoms with van der Waals surface area (Å²) in [6.07, 6.45) is 3.96. The van der Waals surface area contributed by atoms with Crippen LogP contribution in [0.25, 0.3) is 5.69 Å². The first-order valence-corrected chi connectivity index (χ1v) is 5.52. The van der Waals surface area contributed by atoms with Gasteiger partial charge in [-0.1, -0.05) is 0 Å². The number of carbonyl (C=O) groups is 2. The largest absolute Gasteiger partial charge is 0.460 e. The molecule has 18 heavy (non-hydrogen) atoms. The summed E-state index contributed by atoms with van der Waals surface area (Å²) in [6, 6.07) is 6.84. The Bertz CT molecular complexity index is 558. The molecule has 0 aliphatic heterocycles. The second-order valence-corrected chi connectivity index (χ2v) is 3.55. The smallest absolute Gasteiger partial charge is 0.374 e. The lowest BCUT2D eigenvalue weighted by Crippen LogP contribution is -2.12. The Kier molecular flexibility index (Phi) is 3.52. The normalized spacial score (nSPS) is 10.1. The maximum Gasteiger partial charge on any atom is 0.374 e. The second kappa shape index (κ2) is 5.27. The maximum absolute atomic E-state index is 11.7. The molecule has 0 spiro atoms. The van der Waals surface area contributed by atoms with E-state index in [-0.39, 0.29) is 5.82 Å². The zero-order chi connectivity index (χ0) is 13.0. The second-order valence-electron chi connectivity index (χ2n) is 3.55. The fourth-order valence-corrected chi connectivity index (χ4v) is 1.57. The van der Waals surface area contributed by atoms with Crippen molar-refractivity contribution in [2.24, 2.45) is 0 Å². The number of benzene rings is 1. The van der Waals surface area contributed by atoms with E-state index in [2.05, 4.69) is 4.98 Å². The minimum absolute atomic E-state index is 0.218. The monoisotopic (exact) mass is 244 g/mol. The van der Waals surface area contributed by atoms with Crippen LogP contribution in [0.4, 0.5) is 0 Å². The predicted molar refractivity (Wildman–Crippen MR) is 64.9 cm³/mol. The number of carbonyl (C=O) groups excluding carboxylic acids is 2. The number of hydrogen-bond acceptors (Lipinski definition) is 4. The lowest BCUT2D eigenvalue weighted by molar-refractivity contribution is 0.0510. The van der Waals surface area contributed by atoms with E-state index in [1.54, 1.807) is 42.0 Å². The van der Waals surface area contributed by atoms with Crippen molar-refractivity contribution in [3.63, 3.8) is 0 Å². The molecule has 0 saturated heterocycles. The molecule has 0 radical (unpaired) electrons. The number of nitrogens with zero attached hydrogens (tertiary/aromatic N) is 2. The molecule has 0 aliphatic carbocycles. The van der Waals surface area contributed by atoms with Gasteiger partial charge in [0.05, 0.1) is 6.61 Å². The van der Waals surface area contributed by atoms with E-state index in [9.17, 15) is 9.59 Å². The van der Waals surface area contributed by atoms with Crippen molar-refractivity contribution in [2.45, 2.75) is 6.92 Å². The van der Waals surface area contributed by atoms with Gasteiger partial charge in [0.1, 0.15) is 6.29 Å². The van der Waals surface area contributed by atoms with Crippen LogP contribution < -0.4 is 0 Å². The lowest BCUT2D eigenvalue weighted by atomic mass is 10.2. The van der Waals surface area contributed by atoms with E-state index in [0.29, 0.717) is 12.2 Å². The van der Waals surface area contributed by atoms with Crippen LogP contribution in [0.1, 0.15) is 27.9 Å². The van der Waals surface area contributed by atoms with Gasteiger partial charge in [-0.2, -0.15) is 0 Å². The van der Waals surface area contributed by atoms with E-state index >= 15 is 0 Å². The van der Waals surface area contributed by atoms with Crippen LogP contribution in [-0.2, 0) is 4.74 Å². The highest BCUT2D eigenvalue weighted by atomic mass is 16.5. The van der Waals surface area contributed by atoms with Gasteiger partial charge in [-0.05, 0) is 31.2 Å². The molecule has 92 valence electrons. The first-order valence-electron chi connectivity index (χ1n) is 5.52. The van der Waals surface area contributed by atoms with Crippen molar-refractivity contribution < 1.29 is 14.3 Å². The van der Waals surface area contributed by atoms with E-state index in [1.165, 1.54) is 6.20 Å². The number of ether oxygens (including phenoxy) is 1. The Labute approximate surface area is 104 Å². The van der Waals surface area contributed by atoms with Gasteiger partial charge < -0.3 is 4.74 Å². The fourth-order valence-electron chi connectivity index (χ4n) is 1.57. The molecule has 0 bridgehead atoms. The molecule has 1 aromatic carbocycles. The summed E-state index contributed by atoms with van der Waals surface area (Å²) in [5, 5.41) is 0. The zero-order valence-corrected chi connectivity index (χ0v) is 9.87. The first-order chi connectivity index (χ1) is 8.76. The van der Waals surface area contributed by atoms with Crippen molar-refractivity contribution in [3.8, 4) is 5.69 Å². The highest BCUT2D eigenvalue weighted by Crippen LogP contribution is 2.12. The first kappa shape index (κ1) is 12.0. The van der Waals surface area contributed by atoms with Gasteiger partial charge in [0, 0.05) is 23.6 Å². The summed E-state index contributed by atoms with van der Waals surface area (Å²) in [5.41, 5.74) is 1.33. The molecule has 2 aromatic rings. The molecule has 1 aromatic heterocycles. The predicted octanol–water partition coefficient (Wildman–Crippen LogP) is 1.86. The summed E-state index contributed by atoms with van der Waals surface area (Å²) in [6.45, 7) is 2.04. The number of hydrogen-bond donors (Lipinski definition) is 0. The molecular weight excluding hydrogens is 232 g/mol.